The molecular formula is C10H9BrN4O4S. The van der Waals surface area contributed by atoms with Gasteiger partial charge >= 0.3 is 5.69 Å². The van der Waals surface area contributed by atoms with E-state index in [9.17, 15) is 18.0 Å². The van der Waals surface area contributed by atoms with Crippen molar-refractivity contribution in [2.24, 2.45) is 0 Å². The SMILES string of the molecule is Cc1nc(Br)ccc1NS(=O)(=O)c1c[nH]c(=O)[nH]c1=O. The molecule has 2 heterocycles. The molecular weight excluding hydrogens is 352 g/mol. The Balaban J connectivity index is 2.46. The number of H-pyrrole nitrogens is 2. The molecule has 20 heavy (non-hydrogen) atoms. The fourth-order valence-corrected chi connectivity index (χ4v) is 2.96. The van der Waals surface area contributed by atoms with Crippen LogP contribution in [0, 0.1) is 6.92 Å². The minimum atomic E-state index is -4.12. The monoisotopic (exact) mass is 360 g/mol. The number of rotatable bonds is 3. The van der Waals surface area contributed by atoms with Gasteiger partial charge < -0.3 is 4.98 Å². The van der Waals surface area contributed by atoms with Crippen molar-refractivity contribution in [1.29, 1.82) is 0 Å². The summed E-state index contributed by atoms with van der Waals surface area (Å²) in [7, 11) is -4.12. The van der Waals surface area contributed by atoms with Gasteiger partial charge in [-0.15, -0.1) is 0 Å². The zero-order valence-corrected chi connectivity index (χ0v) is 12.5. The van der Waals surface area contributed by atoms with Gasteiger partial charge in [0.2, 0.25) is 0 Å². The molecule has 2 aromatic rings. The number of hydrogen-bond acceptors (Lipinski definition) is 5. The highest BCUT2D eigenvalue weighted by atomic mass is 79.9. The Morgan fingerprint density at radius 2 is 2.00 bits per heavy atom. The van der Waals surface area contributed by atoms with Crippen molar-refractivity contribution in [3.8, 4) is 0 Å². The summed E-state index contributed by atoms with van der Waals surface area (Å²) in [5, 5.41) is 0. The molecule has 0 saturated carbocycles. The number of hydrogen-bond donors (Lipinski definition) is 3. The molecule has 0 radical (unpaired) electrons. The summed E-state index contributed by atoms with van der Waals surface area (Å²) < 4.78 is 26.9. The molecule has 106 valence electrons. The second kappa shape index (κ2) is 5.21. The second-order valence-electron chi connectivity index (χ2n) is 3.81. The number of pyridine rings is 1. The van der Waals surface area contributed by atoms with Crippen LogP contribution in [0.4, 0.5) is 5.69 Å². The maximum Gasteiger partial charge on any atom is 0.325 e. The van der Waals surface area contributed by atoms with Gasteiger partial charge in [-0.2, -0.15) is 0 Å². The molecule has 2 aromatic heterocycles. The van der Waals surface area contributed by atoms with E-state index in [1.54, 1.807) is 13.0 Å². The predicted octanol–water partition coefficient (Wildman–Crippen LogP) is 0.330. The Kier molecular flexibility index (Phi) is 3.77. The van der Waals surface area contributed by atoms with E-state index >= 15 is 0 Å². The zero-order valence-electron chi connectivity index (χ0n) is 10.1. The van der Waals surface area contributed by atoms with E-state index in [-0.39, 0.29) is 5.69 Å². The minimum absolute atomic E-state index is 0.235. The van der Waals surface area contributed by atoms with E-state index in [1.165, 1.54) is 6.07 Å². The Hall–Kier alpha value is -1.94. The number of aromatic nitrogens is 3. The Morgan fingerprint density at radius 1 is 1.30 bits per heavy atom. The van der Waals surface area contributed by atoms with Crippen molar-refractivity contribution in [2.45, 2.75) is 11.8 Å². The van der Waals surface area contributed by atoms with Crippen LogP contribution < -0.4 is 16.0 Å². The van der Waals surface area contributed by atoms with Crippen molar-refractivity contribution in [2.75, 3.05) is 4.72 Å². The molecule has 0 aliphatic carbocycles. The molecule has 0 spiro atoms. The van der Waals surface area contributed by atoms with Crippen LogP contribution in [0.1, 0.15) is 5.69 Å². The lowest BCUT2D eigenvalue weighted by molar-refractivity contribution is 0.599. The molecule has 0 aliphatic heterocycles. The number of aromatic amines is 2. The van der Waals surface area contributed by atoms with Gasteiger partial charge in [-0.25, -0.2) is 18.2 Å². The lowest BCUT2D eigenvalue weighted by atomic mass is 10.3. The number of aryl methyl sites for hydroxylation is 1. The van der Waals surface area contributed by atoms with Gasteiger partial charge in [0.1, 0.15) is 4.60 Å². The average Bonchev–Trinajstić information content (AvgIpc) is 2.32. The summed E-state index contributed by atoms with van der Waals surface area (Å²) in [5.41, 5.74) is -1.11. The summed E-state index contributed by atoms with van der Waals surface area (Å²) >= 11 is 3.16. The first-order valence-corrected chi connectivity index (χ1v) is 7.55. The highest BCUT2D eigenvalue weighted by Gasteiger charge is 2.20. The maximum atomic E-state index is 12.1. The van der Waals surface area contributed by atoms with Gasteiger partial charge in [0.05, 0.1) is 11.4 Å². The van der Waals surface area contributed by atoms with Crippen molar-refractivity contribution in [3.63, 3.8) is 0 Å². The van der Waals surface area contributed by atoms with E-state index < -0.39 is 26.2 Å². The van der Waals surface area contributed by atoms with Crippen LogP contribution in [0.3, 0.4) is 0 Å². The van der Waals surface area contributed by atoms with E-state index in [2.05, 4.69) is 30.6 Å². The van der Waals surface area contributed by atoms with Crippen LogP contribution in [0.5, 0.6) is 0 Å². The van der Waals surface area contributed by atoms with Gasteiger partial charge in [-0.1, -0.05) is 0 Å². The summed E-state index contributed by atoms with van der Waals surface area (Å²) in [4.78, 5) is 29.8. The largest absolute Gasteiger partial charge is 0.325 e. The molecule has 3 N–H and O–H groups in total. The van der Waals surface area contributed by atoms with Crippen LogP contribution in [0.25, 0.3) is 0 Å². The van der Waals surface area contributed by atoms with Crippen LogP contribution >= 0.6 is 15.9 Å². The summed E-state index contributed by atoms with van der Waals surface area (Å²) in [6.45, 7) is 1.61. The number of halogens is 1. The topological polar surface area (TPSA) is 125 Å². The number of nitrogens with one attached hydrogen (secondary N) is 3. The predicted molar refractivity (Wildman–Crippen MR) is 75.2 cm³/mol. The third-order valence-electron chi connectivity index (χ3n) is 2.37. The summed E-state index contributed by atoms with van der Waals surface area (Å²) in [6.07, 6.45) is 0.838. The highest BCUT2D eigenvalue weighted by molar-refractivity contribution is 9.10. The molecule has 0 bridgehead atoms. The van der Waals surface area contributed by atoms with Gasteiger partial charge in [0.25, 0.3) is 15.6 Å². The fourth-order valence-electron chi connectivity index (χ4n) is 1.44. The van der Waals surface area contributed by atoms with Crippen molar-refractivity contribution < 1.29 is 8.42 Å². The van der Waals surface area contributed by atoms with Crippen LogP contribution in [0.2, 0.25) is 0 Å². The van der Waals surface area contributed by atoms with E-state index in [0.717, 1.165) is 6.20 Å². The highest BCUT2D eigenvalue weighted by Crippen LogP contribution is 2.18. The maximum absolute atomic E-state index is 12.1. The van der Waals surface area contributed by atoms with Crippen LogP contribution in [-0.2, 0) is 10.0 Å². The molecule has 0 amide bonds. The van der Waals surface area contributed by atoms with Crippen LogP contribution in [0.15, 0.2) is 37.4 Å². The molecule has 2 rings (SSSR count). The van der Waals surface area contributed by atoms with Crippen molar-refractivity contribution in [3.05, 3.63) is 49.5 Å². The molecule has 0 atom stereocenters. The Bertz CT molecular complexity index is 871. The normalized spacial score (nSPS) is 11.3. The average molecular weight is 361 g/mol. The smallest absolute Gasteiger partial charge is 0.313 e. The first kappa shape index (κ1) is 14.5. The third-order valence-corrected chi connectivity index (χ3v) is 4.18. The first-order valence-electron chi connectivity index (χ1n) is 5.27. The number of anilines is 1. The molecule has 0 aromatic carbocycles. The molecule has 0 fully saturated rings. The summed E-state index contributed by atoms with van der Waals surface area (Å²) in [5.74, 6) is 0. The fraction of sp³-hybridized carbons (Fsp3) is 0.100. The van der Waals surface area contributed by atoms with E-state index in [1.807, 2.05) is 4.98 Å². The van der Waals surface area contributed by atoms with E-state index in [4.69, 9.17) is 0 Å². The zero-order chi connectivity index (χ0) is 14.9. The van der Waals surface area contributed by atoms with Crippen LogP contribution in [-0.4, -0.2) is 23.4 Å². The Labute approximate surface area is 121 Å². The summed E-state index contributed by atoms with van der Waals surface area (Å²) in [6, 6.07) is 3.06. The van der Waals surface area contributed by atoms with Crippen molar-refractivity contribution in [1.82, 2.24) is 15.0 Å². The first-order chi connectivity index (χ1) is 9.29. The number of nitrogens with zero attached hydrogens (tertiary/aromatic N) is 1. The second-order valence-corrected chi connectivity index (χ2v) is 6.27. The van der Waals surface area contributed by atoms with Crippen molar-refractivity contribution >= 4 is 31.6 Å². The molecule has 0 unspecified atom stereocenters. The molecule has 0 aliphatic rings. The molecule has 8 nitrogen and oxygen atoms in total. The lowest BCUT2D eigenvalue weighted by Gasteiger charge is -2.09. The lowest BCUT2D eigenvalue weighted by Crippen LogP contribution is -2.29. The van der Waals surface area contributed by atoms with Gasteiger partial charge in [0.15, 0.2) is 4.90 Å². The molecule has 0 saturated heterocycles. The van der Waals surface area contributed by atoms with Gasteiger partial charge in [-0.3, -0.25) is 14.5 Å². The van der Waals surface area contributed by atoms with E-state index in [0.29, 0.717) is 10.3 Å². The quantitative estimate of drug-likeness (QED) is 0.680. The number of sulfonamides is 1. The molecule has 10 heteroatoms. The minimum Gasteiger partial charge on any atom is -0.313 e. The van der Waals surface area contributed by atoms with Gasteiger partial charge in [0, 0.05) is 6.20 Å². The Morgan fingerprint density at radius 3 is 2.60 bits per heavy atom. The van der Waals surface area contributed by atoms with Gasteiger partial charge in [-0.05, 0) is 35.0 Å². The third kappa shape index (κ3) is 2.96. The standard InChI is InChI=1S/C10H9BrN4O4S/c1-5-6(2-3-8(11)13-5)15-20(18,19)7-4-12-10(17)14-9(7)16/h2-4,15H,1H3,(H2,12,14,16,17).